The molecule has 6 heteroatoms. The molecule has 3 aromatic rings. The maximum Gasteiger partial charge on any atom is 0.264 e. The molecular weight excluding hydrogens is 421 g/mol. The molecule has 4 rings (SSSR count). The summed E-state index contributed by atoms with van der Waals surface area (Å²) in [5.41, 5.74) is 1.32. The Morgan fingerprint density at radius 3 is 2.27 bits per heavy atom. The van der Waals surface area contributed by atoms with Crippen LogP contribution in [0, 0.1) is 6.92 Å². The van der Waals surface area contributed by atoms with Gasteiger partial charge in [0.1, 0.15) is 0 Å². The van der Waals surface area contributed by atoms with Crippen LogP contribution in [0.25, 0.3) is 0 Å². The van der Waals surface area contributed by atoms with Crippen LogP contribution < -0.4 is 4.90 Å². The van der Waals surface area contributed by atoms with Crippen molar-refractivity contribution >= 4 is 40.6 Å². The van der Waals surface area contributed by atoms with E-state index < -0.39 is 11.5 Å². The van der Waals surface area contributed by atoms with Crippen LogP contribution in [-0.4, -0.2) is 16.8 Å². The van der Waals surface area contributed by atoms with Crippen molar-refractivity contribution < 1.29 is 14.7 Å². The predicted molar refractivity (Wildman–Crippen MR) is 118 cm³/mol. The number of halogens is 2. The molecule has 0 bridgehead atoms. The van der Waals surface area contributed by atoms with Crippen molar-refractivity contribution in [2.75, 3.05) is 4.90 Å². The fourth-order valence-corrected chi connectivity index (χ4v) is 3.99. The van der Waals surface area contributed by atoms with Gasteiger partial charge in [0, 0.05) is 21.2 Å². The van der Waals surface area contributed by atoms with Crippen LogP contribution in [0.15, 0.2) is 66.7 Å². The first-order valence-electron chi connectivity index (χ1n) is 9.46. The largest absolute Gasteiger partial charge is 0.375 e. The van der Waals surface area contributed by atoms with Crippen LogP contribution in [-0.2, 0) is 16.9 Å². The summed E-state index contributed by atoms with van der Waals surface area (Å²) in [5, 5.41) is 12.3. The number of amides is 1. The summed E-state index contributed by atoms with van der Waals surface area (Å²) in [6, 6.07) is 19.1. The number of benzene rings is 3. The number of aryl methyl sites for hydroxylation is 1. The second kappa shape index (κ2) is 7.88. The average molecular weight is 440 g/mol. The van der Waals surface area contributed by atoms with E-state index in [2.05, 4.69) is 0 Å². The zero-order valence-electron chi connectivity index (χ0n) is 16.2. The number of anilines is 1. The van der Waals surface area contributed by atoms with Gasteiger partial charge in [-0.05, 0) is 55.0 Å². The second-order valence-electron chi connectivity index (χ2n) is 7.51. The number of carbonyl (C=O) groups excluding carboxylic acids is 2. The number of carbonyl (C=O) groups is 2. The monoisotopic (exact) mass is 439 g/mol. The van der Waals surface area contributed by atoms with Gasteiger partial charge in [0.05, 0.1) is 18.7 Å². The molecular formula is C24H19Cl2NO3. The number of ketones is 1. The van der Waals surface area contributed by atoms with Crippen LogP contribution in [0.3, 0.4) is 0 Å². The van der Waals surface area contributed by atoms with Gasteiger partial charge >= 0.3 is 0 Å². The molecule has 1 unspecified atom stereocenters. The fraction of sp³-hybridized carbons (Fsp3) is 0.167. The Hall–Kier alpha value is -2.66. The Kier molecular flexibility index (Phi) is 5.41. The minimum absolute atomic E-state index is 0.283. The highest BCUT2D eigenvalue weighted by Crippen LogP contribution is 2.44. The highest BCUT2D eigenvalue weighted by Gasteiger charge is 2.51. The zero-order valence-corrected chi connectivity index (χ0v) is 17.7. The Labute approximate surface area is 184 Å². The van der Waals surface area contributed by atoms with Gasteiger partial charge in [-0.25, -0.2) is 0 Å². The van der Waals surface area contributed by atoms with Gasteiger partial charge in [-0.15, -0.1) is 0 Å². The minimum Gasteiger partial charge on any atom is -0.375 e. The molecule has 1 heterocycles. The third-order valence-electron chi connectivity index (χ3n) is 5.34. The molecule has 0 aromatic heterocycles. The highest BCUT2D eigenvalue weighted by atomic mass is 35.5. The molecule has 1 atom stereocenters. The summed E-state index contributed by atoms with van der Waals surface area (Å²) in [5.74, 6) is -0.895. The normalized spacial score (nSPS) is 17.9. The third-order valence-corrected chi connectivity index (χ3v) is 5.82. The molecule has 1 aliphatic heterocycles. The molecule has 30 heavy (non-hydrogen) atoms. The van der Waals surface area contributed by atoms with E-state index >= 15 is 0 Å². The van der Waals surface area contributed by atoms with Crippen LogP contribution in [0.1, 0.15) is 33.5 Å². The van der Waals surface area contributed by atoms with E-state index in [-0.39, 0.29) is 18.7 Å². The minimum atomic E-state index is -1.98. The third kappa shape index (κ3) is 3.74. The summed E-state index contributed by atoms with van der Waals surface area (Å²) in [7, 11) is 0. The molecule has 1 N–H and O–H groups in total. The van der Waals surface area contributed by atoms with Gasteiger partial charge in [0.2, 0.25) is 0 Å². The maximum atomic E-state index is 13.3. The average Bonchev–Trinajstić information content (AvgIpc) is 2.91. The molecule has 1 amide bonds. The van der Waals surface area contributed by atoms with Crippen molar-refractivity contribution in [2.24, 2.45) is 0 Å². The maximum absolute atomic E-state index is 13.3. The van der Waals surface area contributed by atoms with E-state index in [1.54, 1.807) is 42.5 Å². The van der Waals surface area contributed by atoms with Crippen LogP contribution in [0.2, 0.25) is 10.0 Å². The van der Waals surface area contributed by atoms with Crippen molar-refractivity contribution in [1.82, 2.24) is 0 Å². The van der Waals surface area contributed by atoms with E-state index in [1.807, 2.05) is 31.2 Å². The first-order chi connectivity index (χ1) is 14.3. The quantitative estimate of drug-likeness (QED) is 0.548. The molecule has 0 saturated carbocycles. The lowest BCUT2D eigenvalue weighted by Gasteiger charge is -2.23. The van der Waals surface area contributed by atoms with E-state index in [1.165, 1.54) is 4.90 Å². The number of hydrogen-bond acceptors (Lipinski definition) is 3. The molecule has 3 aromatic carbocycles. The summed E-state index contributed by atoms with van der Waals surface area (Å²) in [6.45, 7) is 2.27. The number of Topliss-reactive ketones (excluding diaryl/α,β-unsaturated/α-hetero) is 1. The lowest BCUT2D eigenvalue weighted by molar-refractivity contribution is -0.136. The first-order valence-corrected chi connectivity index (χ1v) is 10.2. The van der Waals surface area contributed by atoms with Crippen molar-refractivity contribution in [2.45, 2.75) is 25.5 Å². The van der Waals surface area contributed by atoms with Crippen molar-refractivity contribution in [3.63, 3.8) is 0 Å². The molecule has 0 fully saturated rings. The van der Waals surface area contributed by atoms with Crippen LogP contribution in [0.4, 0.5) is 5.69 Å². The Morgan fingerprint density at radius 1 is 0.967 bits per heavy atom. The second-order valence-corrected chi connectivity index (χ2v) is 8.38. The standard InChI is InChI=1S/C24H19Cl2NO3/c1-15-2-4-16(5-3-15)14-27-21-11-10-19(26)12-20(21)24(30,23(27)29)13-22(28)17-6-8-18(25)9-7-17/h2-12,30H,13-14H2,1H3. The number of aliphatic hydroxyl groups is 1. The molecule has 0 radical (unpaired) electrons. The summed E-state index contributed by atoms with van der Waals surface area (Å²) in [6.07, 6.45) is -0.384. The van der Waals surface area contributed by atoms with Crippen molar-refractivity contribution in [1.29, 1.82) is 0 Å². The number of nitrogens with zero attached hydrogens (tertiary/aromatic N) is 1. The Bertz CT molecular complexity index is 1130. The SMILES string of the molecule is Cc1ccc(CN2C(=O)C(O)(CC(=O)c3ccc(Cl)cc3)c3cc(Cl)ccc32)cc1. The lowest BCUT2D eigenvalue weighted by Crippen LogP contribution is -2.41. The van der Waals surface area contributed by atoms with Gasteiger partial charge in [-0.3, -0.25) is 9.59 Å². The number of hydrogen-bond donors (Lipinski definition) is 1. The number of fused-ring (bicyclic) bond motifs is 1. The van der Waals surface area contributed by atoms with Crippen LogP contribution in [0.5, 0.6) is 0 Å². The van der Waals surface area contributed by atoms with E-state index in [0.717, 1.165) is 11.1 Å². The zero-order chi connectivity index (χ0) is 21.5. The Balaban J connectivity index is 1.70. The topological polar surface area (TPSA) is 57.6 Å². The molecule has 152 valence electrons. The van der Waals surface area contributed by atoms with Crippen LogP contribution >= 0.6 is 23.2 Å². The summed E-state index contributed by atoms with van der Waals surface area (Å²) < 4.78 is 0. The summed E-state index contributed by atoms with van der Waals surface area (Å²) >= 11 is 12.0. The molecule has 0 saturated heterocycles. The van der Waals surface area contributed by atoms with E-state index in [0.29, 0.717) is 26.9 Å². The smallest absolute Gasteiger partial charge is 0.264 e. The van der Waals surface area contributed by atoms with E-state index in [9.17, 15) is 14.7 Å². The van der Waals surface area contributed by atoms with Gasteiger partial charge in [-0.1, -0.05) is 53.0 Å². The molecule has 4 nitrogen and oxygen atoms in total. The van der Waals surface area contributed by atoms with Gasteiger partial charge in [-0.2, -0.15) is 0 Å². The molecule has 0 aliphatic carbocycles. The lowest BCUT2D eigenvalue weighted by atomic mass is 9.88. The first kappa shape index (κ1) is 20.6. The van der Waals surface area contributed by atoms with Gasteiger partial charge < -0.3 is 10.0 Å². The highest BCUT2D eigenvalue weighted by molar-refractivity contribution is 6.31. The van der Waals surface area contributed by atoms with E-state index in [4.69, 9.17) is 23.2 Å². The predicted octanol–water partition coefficient (Wildman–Crippen LogP) is 5.31. The summed E-state index contributed by atoms with van der Waals surface area (Å²) in [4.78, 5) is 27.7. The van der Waals surface area contributed by atoms with Crippen molar-refractivity contribution in [3.8, 4) is 0 Å². The Morgan fingerprint density at radius 2 is 1.60 bits per heavy atom. The fourth-order valence-electron chi connectivity index (χ4n) is 3.70. The number of rotatable bonds is 5. The van der Waals surface area contributed by atoms with Gasteiger partial charge in [0.15, 0.2) is 11.4 Å². The van der Waals surface area contributed by atoms with Crippen molar-refractivity contribution in [3.05, 3.63) is 99.0 Å². The van der Waals surface area contributed by atoms with Gasteiger partial charge in [0.25, 0.3) is 5.91 Å². The molecule has 0 spiro atoms. The molecule has 1 aliphatic rings.